The number of hydrogen-bond acceptors (Lipinski definition) is 5. The molecule has 1 aromatic carbocycles. The number of aromatic nitrogens is 1. The SMILES string of the molecule is O=C(COc1ccc(Cl)c(F)c1)NC12CCC(NC(=O)c3ccncc3)(CC1)C(O)C2. The molecule has 1 heterocycles. The van der Waals surface area contributed by atoms with Gasteiger partial charge in [-0.3, -0.25) is 14.6 Å². The Labute approximate surface area is 184 Å². The van der Waals surface area contributed by atoms with Crippen molar-refractivity contribution in [2.24, 2.45) is 0 Å². The molecule has 1 aromatic heterocycles. The zero-order valence-electron chi connectivity index (χ0n) is 16.7. The Morgan fingerprint density at radius 1 is 1.16 bits per heavy atom. The van der Waals surface area contributed by atoms with Gasteiger partial charge >= 0.3 is 0 Å². The average molecular weight is 448 g/mol. The molecule has 2 aromatic rings. The minimum absolute atomic E-state index is 0.0198. The Morgan fingerprint density at radius 2 is 1.87 bits per heavy atom. The molecule has 1 atom stereocenters. The molecule has 5 rings (SSSR count). The maximum Gasteiger partial charge on any atom is 0.258 e. The van der Waals surface area contributed by atoms with E-state index in [4.69, 9.17) is 16.3 Å². The highest BCUT2D eigenvalue weighted by atomic mass is 35.5. The number of carbonyl (C=O) groups excluding carboxylic acids is 2. The summed E-state index contributed by atoms with van der Waals surface area (Å²) >= 11 is 5.64. The molecule has 2 amide bonds. The van der Waals surface area contributed by atoms with Crippen LogP contribution in [-0.4, -0.2) is 45.7 Å². The third kappa shape index (κ3) is 4.50. The van der Waals surface area contributed by atoms with E-state index in [1.165, 1.54) is 12.1 Å². The summed E-state index contributed by atoms with van der Waals surface area (Å²) in [6.07, 6.45) is 5.00. The Balaban J connectivity index is 1.34. The highest BCUT2D eigenvalue weighted by molar-refractivity contribution is 6.30. The average Bonchev–Trinajstić information content (AvgIpc) is 2.76. The van der Waals surface area contributed by atoms with Crippen molar-refractivity contribution in [2.45, 2.75) is 49.3 Å². The van der Waals surface area contributed by atoms with Crippen LogP contribution in [0, 0.1) is 5.82 Å². The van der Waals surface area contributed by atoms with Crippen molar-refractivity contribution in [3.8, 4) is 5.75 Å². The van der Waals surface area contributed by atoms with Gasteiger partial charge in [-0.25, -0.2) is 4.39 Å². The lowest BCUT2D eigenvalue weighted by atomic mass is 9.60. The van der Waals surface area contributed by atoms with E-state index < -0.39 is 23.0 Å². The lowest BCUT2D eigenvalue weighted by Crippen LogP contribution is -2.70. The van der Waals surface area contributed by atoms with Gasteiger partial charge in [0, 0.05) is 29.6 Å². The number of rotatable bonds is 6. The molecule has 9 heteroatoms. The number of nitrogens with zero attached hydrogens (tertiary/aromatic N) is 1. The van der Waals surface area contributed by atoms with Crippen LogP contribution in [0.4, 0.5) is 4.39 Å². The molecular formula is C22H23ClFN3O4. The summed E-state index contributed by atoms with van der Waals surface area (Å²) in [6.45, 7) is -0.275. The van der Waals surface area contributed by atoms with Crippen LogP contribution in [0.3, 0.4) is 0 Å². The fourth-order valence-electron chi connectivity index (χ4n) is 4.51. The van der Waals surface area contributed by atoms with Gasteiger partial charge in [0.1, 0.15) is 11.6 Å². The number of benzene rings is 1. The first kappa shape index (κ1) is 21.5. The number of halogens is 2. The van der Waals surface area contributed by atoms with Gasteiger partial charge in [0.15, 0.2) is 6.61 Å². The number of ether oxygens (including phenoxy) is 1. The maximum absolute atomic E-state index is 13.5. The highest BCUT2D eigenvalue weighted by Crippen LogP contribution is 2.47. The Morgan fingerprint density at radius 3 is 2.52 bits per heavy atom. The quantitative estimate of drug-likeness (QED) is 0.632. The number of amides is 2. The molecule has 0 radical (unpaired) electrons. The number of aliphatic hydroxyl groups excluding tert-OH is 1. The molecule has 0 aliphatic heterocycles. The zero-order chi connectivity index (χ0) is 22.1. The largest absolute Gasteiger partial charge is 0.484 e. The van der Waals surface area contributed by atoms with E-state index in [1.807, 2.05) is 0 Å². The molecule has 0 saturated heterocycles. The third-order valence-corrected chi connectivity index (χ3v) is 6.60. The van der Waals surface area contributed by atoms with E-state index in [0.29, 0.717) is 37.7 Å². The van der Waals surface area contributed by atoms with Crippen LogP contribution >= 0.6 is 11.6 Å². The van der Waals surface area contributed by atoms with E-state index in [1.54, 1.807) is 24.5 Å². The summed E-state index contributed by atoms with van der Waals surface area (Å²) in [4.78, 5) is 29.0. The number of fused-ring (bicyclic) bond motifs is 3. The second kappa shape index (κ2) is 8.43. The first-order valence-electron chi connectivity index (χ1n) is 10.1. The van der Waals surface area contributed by atoms with Gasteiger partial charge in [-0.05, 0) is 56.4 Å². The van der Waals surface area contributed by atoms with Crippen molar-refractivity contribution in [1.82, 2.24) is 15.6 Å². The molecule has 0 spiro atoms. The monoisotopic (exact) mass is 447 g/mol. The minimum atomic E-state index is -0.785. The summed E-state index contributed by atoms with van der Waals surface area (Å²) in [6, 6.07) is 7.23. The number of hydrogen-bond donors (Lipinski definition) is 3. The first-order valence-corrected chi connectivity index (χ1v) is 10.5. The summed E-state index contributed by atoms with van der Waals surface area (Å²) < 4.78 is 18.9. The highest BCUT2D eigenvalue weighted by Gasteiger charge is 2.55. The van der Waals surface area contributed by atoms with Crippen molar-refractivity contribution in [2.75, 3.05) is 6.61 Å². The van der Waals surface area contributed by atoms with Gasteiger partial charge in [0.05, 0.1) is 16.7 Å². The number of aliphatic hydroxyl groups is 1. The van der Waals surface area contributed by atoms with Crippen molar-refractivity contribution in [3.05, 3.63) is 59.1 Å². The minimum Gasteiger partial charge on any atom is -0.484 e. The van der Waals surface area contributed by atoms with Gasteiger partial charge in [-0.1, -0.05) is 11.6 Å². The topological polar surface area (TPSA) is 101 Å². The predicted molar refractivity (Wildman–Crippen MR) is 111 cm³/mol. The second-order valence-corrected chi connectivity index (χ2v) is 8.67. The van der Waals surface area contributed by atoms with Crippen LogP contribution < -0.4 is 15.4 Å². The van der Waals surface area contributed by atoms with E-state index in [-0.39, 0.29) is 29.2 Å². The molecule has 3 saturated carbocycles. The fourth-order valence-corrected chi connectivity index (χ4v) is 4.63. The standard InChI is InChI=1S/C22H23ClFN3O4/c23-16-2-1-15(11-17(16)24)31-13-19(29)26-21-5-7-22(8-6-21,18(28)12-21)27-20(30)14-3-9-25-10-4-14/h1-4,9-11,18,28H,5-8,12-13H2,(H,26,29)(H,27,30). The smallest absolute Gasteiger partial charge is 0.258 e. The lowest BCUT2D eigenvalue weighted by molar-refractivity contribution is -0.129. The van der Waals surface area contributed by atoms with E-state index >= 15 is 0 Å². The zero-order valence-corrected chi connectivity index (χ0v) is 17.5. The lowest BCUT2D eigenvalue weighted by Gasteiger charge is -2.56. The normalized spacial score (nSPS) is 26.9. The van der Waals surface area contributed by atoms with Crippen LogP contribution in [0.2, 0.25) is 5.02 Å². The van der Waals surface area contributed by atoms with Crippen molar-refractivity contribution >= 4 is 23.4 Å². The summed E-state index contributed by atoms with van der Waals surface area (Å²) in [5.74, 6) is -1.01. The molecule has 3 fully saturated rings. The number of nitrogens with one attached hydrogen (secondary N) is 2. The van der Waals surface area contributed by atoms with Crippen LogP contribution in [0.25, 0.3) is 0 Å². The molecule has 3 aliphatic rings. The van der Waals surface area contributed by atoms with Crippen molar-refractivity contribution in [1.29, 1.82) is 0 Å². The van der Waals surface area contributed by atoms with Gasteiger partial charge in [-0.2, -0.15) is 0 Å². The molecule has 31 heavy (non-hydrogen) atoms. The van der Waals surface area contributed by atoms with Gasteiger partial charge in [-0.15, -0.1) is 0 Å². The van der Waals surface area contributed by atoms with Gasteiger partial charge in [0.2, 0.25) is 0 Å². The fraction of sp³-hybridized carbons (Fsp3) is 0.409. The van der Waals surface area contributed by atoms with Crippen LogP contribution in [0.15, 0.2) is 42.7 Å². The Kier molecular flexibility index (Phi) is 5.85. The van der Waals surface area contributed by atoms with Crippen LogP contribution in [0.1, 0.15) is 42.5 Å². The molecule has 164 valence electrons. The molecule has 3 aliphatic carbocycles. The summed E-state index contributed by atoms with van der Waals surface area (Å²) in [5.41, 5.74) is -0.763. The van der Waals surface area contributed by atoms with Crippen LogP contribution in [0.5, 0.6) is 5.75 Å². The van der Waals surface area contributed by atoms with Crippen LogP contribution in [-0.2, 0) is 4.79 Å². The first-order chi connectivity index (χ1) is 14.8. The number of carbonyl (C=O) groups is 2. The van der Waals surface area contributed by atoms with E-state index in [0.717, 1.165) is 6.07 Å². The third-order valence-electron chi connectivity index (χ3n) is 6.29. The molecule has 7 nitrogen and oxygen atoms in total. The Bertz CT molecular complexity index is 980. The van der Waals surface area contributed by atoms with E-state index in [9.17, 15) is 19.1 Å². The molecular weight excluding hydrogens is 425 g/mol. The maximum atomic E-state index is 13.5. The molecule has 3 N–H and O–H groups in total. The summed E-state index contributed by atoms with van der Waals surface area (Å²) in [7, 11) is 0. The van der Waals surface area contributed by atoms with Crippen molar-refractivity contribution < 1.29 is 23.8 Å². The Hall–Kier alpha value is -2.71. The van der Waals surface area contributed by atoms with Crippen molar-refractivity contribution in [3.63, 3.8) is 0 Å². The molecule has 1 unspecified atom stereocenters. The predicted octanol–water partition coefficient (Wildman–Crippen LogP) is 2.62. The van der Waals surface area contributed by atoms with E-state index in [2.05, 4.69) is 15.6 Å². The van der Waals surface area contributed by atoms with Gasteiger partial charge in [0.25, 0.3) is 11.8 Å². The summed E-state index contributed by atoms with van der Waals surface area (Å²) in [5, 5.41) is 16.8. The van der Waals surface area contributed by atoms with Gasteiger partial charge < -0.3 is 20.5 Å². The molecule has 2 bridgehead atoms. The second-order valence-electron chi connectivity index (χ2n) is 8.26. The number of pyridine rings is 1.